The molecule has 0 bridgehead atoms. The smallest absolute Gasteiger partial charge is 0.228 e. The van der Waals surface area contributed by atoms with E-state index < -0.39 is 0 Å². The van der Waals surface area contributed by atoms with Crippen molar-refractivity contribution in [3.8, 4) is 0 Å². The van der Waals surface area contributed by atoms with Crippen molar-refractivity contribution in [2.75, 3.05) is 37.8 Å². The number of thioether (sulfide) groups is 1. The fourth-order valence-electron chi connectivity index (χ4n) is 3.07. The van der Waals surface area contributed by atoms with Gasteiger partial charge in [0.2, 0.25) is 5.91 Å². The van der Waals surface area contributed by atoms with Gasteiger partial charge in [-0.1, -0.05) is 35.1 Å². The minimum absolute atomic E-state index is 0. The number of carbonyl (C=O) groups is 1. The van der Waals surface area contributed by atoms with Crippen LogP contribution in [0.3, 0.4) is 0 Å². The summed E-state index contributed by atoms with van der Waals surface area (Å²) in [5.74, 6) is 0.595. The van der Waals surface area contributed by atoms with E-state index in [9.17, 15) is 9.18 Å². The van der Waals surface area contributed by atoms with Crippen LogP contribution in [-0.2, 0) is 4.79 Å². The standard InChI is InChI=1S/C23H28FN3OS2.ClH/c1-17-10-12-18(13-11-17)29-16-5-9-21(28)27(15-6-14-26(2)3)23-25-22-19(24)7-4-8-20(22)30-23;/h4,7-8,10-13H,5-6,9,14-16H2,1-3H3;1H. The lowest BCUT2D eigenvalue weighted by Crippen LogP contribution is -2.33. The summed E-state index contributed by atoms with van der Waals surface area (Å²) in [6, 6.07) is 13.4. The molecule has 0 spiro atoms. The van der Waals surface area contributed by atoms with Gasteiger partial charge in [0.05, 0.1) is 4.70 Å². The Balaban J connectivity index is 0.00000341. The number of aromatic nitrogens is 1. The third-order valence-corrected chi connectivity index (χ3v) is 6.84. The Bertz CT molecular complexity index is 979. The van der Waals surface area contributed by atoms with Crippen LogP contribution in [0.2, 0.25) is 0 Å². The Kier molecular flexibility index (Phi) is 10.2. The average molecular weight is 482 g/mol. The zero-order valence-corrected chi connectivity index (χ0v) is 20.6. The third kappa shape index (κ3) is 7.45. The van der Waals surface area contributed by atoms with Crippen LogP contribution >= 0.6 is 35.5 Å². The van der Waals surface area contributed by atoms with Crippen molar-refractivity contribution in [1.82, 2.24) is 9.88 Å². The van der Waals surface area contributed by atoms with Crippen molar-refractivity contribution >= 4 is 56.8 Å². The van der Waals surface area contributed by atoms with Crippen molar-refractivity contribution in [2.45, 2.75) is 31.1 Å². The van der Waals surface area contributed by atoms with Crippen molar-refractivity contribution in [3.05, 3.63) is 53.8 Å². The molecule has 1 aromatic heterocycles. The second-order valence-corrected chi connectivity index (χ2v) is 9.73. The number of amides is 1. The summed E-state index contributed by atoms with van der Waals surface area (Å²) in [5.41, 5.74) is 1.59. The predicted molar refractivity (Wildman–Crippen MR) is 133 cm³/mol. The van der Waals surface area contributed by atoms with Crippen LogP contribution in [0, 0.1) is 12.7 Å². The molecule has 8 heteroatoms. The van der Waals surface area contributed by atoms with E-state index in [0.717, 1.165) is 29.8 Å². The Morgan fingerprint density at radius 3 is 2.52 bits per heavy atom. The number of fused-ring (bicyclic) bond motifs is 1. The molecule has 0 aliphatic rings. The van der Waals surface area contributed by atoms with E-state index in [0.29, 0.717) is 23.6 Å². The van der Waals surface area contributed by atoms with Gasteiger partial charge in [0, 0.05) is 17.9 Å². The summed E-state index contributed by atoms with van der Waals surface area (Å²) in [6.45, 7) is 3.54. The van der Waals surface area contributed by atoms with E-state index in [-0.39, 0.29) is 24.1 Å². The molecule has 4 nitrogen and oxygen atoms in total. The summed E-state index contributed by atoms with van der Waals surface area (Å²) < 4.78 is 14.9. The van der Waals surface area contributed by atoms with E-state index in [1.165, 1.54) is 27.9 Å². The number of hydrogen-bond acceptors (Lipinski definition) is 5. The predicted octanol–water partition coefficient (Wildman–Crippen LogP) is 6.02. The van der Waals surface area contributed by atoms with Gasteiger partial charge in [-0.05, 0) is 70.4 Å². The zero-order chi connectivity index (χ0) is 21.5. The normalized spacial score (nSPS) is 11.0. The first-order chi connectivity index (χ1) is 14.4. The van der Waals surface area contributed by atoms with Gasteiger partial charge in [0.15, 0.2) is 5.13 Å². The Morgan fingerprint density at radius 2 is 1.84 bits per heavy atom. The van der Waals surface area contributed by atoms with Gasteiger partial charge < -0.3 is 4.90 Å². The number of aryl methyl sites for hydroxylation is 1. The number of thiazole rings is 1. The van der Waals surface area contributed by atoms with Crippen LogP contribution < -0.4 is 4.90 Å². The molecule has 0 N–H and O–H groups in total. The van der Waals surface area contributed by atoms with E-state index in [1.807, 2.05) is 20.2 Å². The quantitative estimate of drug-likeness (QED) is 0.262. The Morgan fingerprint density at radius 1 is 1.10 bits per heavy atom. The summed E-state index contributed by atoms with van der Waals surface area (Å²) in [7, 11) is 4.03. The maximum Gasteiger partial charge on any atom is 0.228 e. The molecule has 3 aromatic rings. The molecule has 168 valence electrons. The van der Waals surface area contributed by atoms with E-state index in [1.54, 1.807) is 22.7 Å². The monoisotopic (exact) mass is 481 g/mol. The lowest BCUT2D eigenvalue weighted by atomic mass is 10.2. The summed E-state index contributed by atoms with van der Waals surface area (Å²) in [6.07, 6.45) is 2.09. The molecule has 3 rings (SSSR count). The molecular formula is C23H29ClFN3OS2. The van der Waals surface area contributed by atoms with Gasteiger partial charge in [-0.15, -0.1) is 24.2 Å². The van der Waals surface area contributed by atoms with Crippen molar-refractivity contribution in [3.63, 3.8) is 0 Å². The number of halogens is 2. The first-order valence-corrected chi connectivity index (χ1v) is 11.9. The van der Waals surface area contributed by atoms with Crippen LogP contribution in [0.15, 0.2) is 47.4 Å². The lowest BCUT2D eigenvalue weighted by molar-refractivity contribution is -0.118. The molecule has 0 atom stereocenters. The number of anilines is 1. The third-order valence-electron chi connectivity index (χ3n) is 4.70. The van der Waals surface area contributed by atoms with E-state index >= 15 is 0 Å². The van der Waals surface area contributed by atoms with Crippen LogP contribution in [0.5, 0.6) is 0 Å². The maximum absolute atomic E-state index is 14.1. The molecule has 0 aliphatic heterocycles. The maximum atomic E-state index is 14.1. The number of benzene rings is 2. The first kappa shape index (κ1) is 25.6. The summed E-state index contributed by atoms with van der Waals surface area (Å²) in [5, 5.41) is 0.588. The molecule has 0 saturated heterocycles. The van der Waals surface area contributed by atoms with Gasteiger partial charge in [0.25, 0.3) is 0 Å². The van der Waals surface area contributed by atoms with Crippen LogP contribution in [0.4, 0.5) is 9.52 Å². The van der Waals surface area contributed by atoms with Crippen LogP contribution in [0.25, 0.3) is 10.2 Å². The minimum atomic E-state index is -0.342. The fraction of sp³-hybridized carbons (Fsp3) is 0.391. The Labute approximate surface area is 198 Å². The average Bonchev–Trinajstić information content (AvgIpc) is 3.15. The fourth-order valence-corrected chi connectivity index (χ4v) is 4.95. The van der Waals surface area contributed by atoms with Gasteiger partial charge in [0.1, 0.15) is 11.3 Å². The second kappa shape index (κ2) is 12.4. The summed E-state index contributed by atoms with van der Waals surface area (Å²) >= 11 is 3.15. The molecule has 0 fully saturated rings. The lowest BCUT2D eigenvalue weighted by Gasteiger charge is -2.21. The number of hydrogen-bond donors (Lipinski definition) is 0. The van der Waals surface area contributed by atoms with Gasteiger partial charge in [-0.3, -0.25) is 9.69 Å². The highest BCUT2D eigenvalue weighted by atomic mass is 35.5. The highest BCUT2D eigenvalue weighted by Gasteiger charge is 2.20. The molecule has 1 heterocycles. The number of rotatable bonds is 10. The SMILES string of the molecule is Cc1ccc(SCCCC(=O)N(CCCN(C)C)c2nc3c(F)cccc3s2)cc1.Cl. The highest BCUT2D eigenvalue weighted by Crippen LogP contribution is 2.31. The molecule has 31 heavy (non-hydrogen) atoms. The molecule has 0 radical (unpaired) electrons. The van der Waals surface area contributed by atoms with Crippen molar-refractivity contribution < 1.29 is 9.18 Å². The largest absolute Gasteiger partial charge is 0.309 e. The van der Waals surface area contributed by atoms with E-state index in [4.69, 9.17) is 0 Å². The molecule has 0 unspecified atom stereocenters. The molecule has 2 aromatic carbocycles. The number of nitrogens with zero attached hydrogens (tertiary/aromatic N) is 3. The highest BCUT2D eigenvalue weighted by molar-refractivity contribution is 7.99. The van der Waals surface area contributed by atoms with E-state index in [2.05, 4.69) is 41.1 Å². The first-order valence-electron chi connectivity index (χ1n) is 10.1. The zero-order valence-electron chi connectivity index (χ0n) is 18.1. The van der Waals surface area contributed by atoms with Crippen molar-refractivity contribution in [2.24, 2.45) is 0 Å². The van der Waals surface area contributed by atoms with Crippen LogP contribution in [0.1, 0.15) is 24.8 Å². The number of carbonyl (C=O) groups excluding carboxylic acids is 1. The minimum Gasteiger partial charge on any atom is -0.309 e. The number of para-hydroxylation sites is 1. The summed E-state index contributed by atoms with van der Waals surface area (Å²) in [4.78, 5) is 22.5. The molecular weight excluding hydrogens is 453 g/mol. The van der Waals surface area contributed by atoms with Crippen LogP contribution in [-0.4, -0.2) is 48.7 Å². The second-order valence-electron chi connectivity index (χ2n) is 7.55. The van der Waals surface area contributed by atoms with Gasteiger partial charge in [-0.25, -0.2) is 9.37 Å². The Hall–Kier alpha value is -1.67. The van der Waals surface area contributed by atoms with Gasteiger partial charge in [-0.2, -0.15) is 0 Å². The molecule has 1 amide bonds. The molecule has 0 aliphatic carbocycles. The topological polar surface area (TPSA) is 36.4 Å². The van der Waals surface area contributed by atoms with Crippen molar-refractivity contribution in [1.29, 1.82) is 0 Å². The molecule has 0 saturated carbocycles. The van der Waals surface area contributed by atoms with Gasteiger partial charge >= 0.3 is 0 Å².